The van der Waals surface area contributed by atoms with Gasteiger partial charge in [0.25, 0.3) is 10.1 Å². The summed E-state index contributed by atoms with van der Waals surface area (Å²) in [7, 11) is -12.2. The fourth-order valence-electron chi connectivity index (χ4n) is 11.7. The van der Waals surface area contributed by atoms with Gasteiger partial charge in [0.2, 0.25) is 31.4 Å². The molecule has 0 fully saturated rings. The number of unbranched alkanes of at least 4 members (excludes halogenated alkanes) is 6. The molecule has 0 bridgehead atoms. The van der Waals surface area contributed by atoms with Crippen LogP contribution in [0.3, 0.4) is 0 Å². The average Bonchev–Trinajstić information content (AvgIpc) is 2.38. The zero-order valence-corrected chi connectivity index (χ0v) is 56.1. The summed E-state index contributed by atoms with van der Waals surface area (Å²) in [5.74, 6) is 1.18. The zero-order valence-electron chi connectivity index (χ0n) is 53.7. The fraction of sp³-hybridized carbons (Fsp3) is 0.563. The predicted molar refractivity (Wildman–Crippen MR) is 357 cm³/mol. The fourth-order valence-corrected chi connectivity index (χ4v) is 15.6. The van der Waals surface area contributed by atoms with Crippen molar-refractivity contribution in [2.24, 2.45) is 23.7 Å². The van der Waals surface area contributed by atoms with E-state index in [4.69, 9.17) is 0 Å². The van der Waals surface area contributed by atoms with Crippen molar-refractivity contribution < 1.29 is 34.4 Å². The number of benzene rings is 4. The molecule has 0 radical (unpaired) electrons. The lowest BCUT2D eigenvalue weighted by Gasteiger charge is -2.30. The molecule has 11 nitrogen and oxygen atoms in total. The number of sulfonamides is 2. The number of anilines is 2. The van der Waals surface area contributed by atoms with Gasteiger partial charge >= 0.3 is 0 Å². The van der Waals surface area contributed by atoms with E-state index in [0.29, 0.717) is 83.9 Å². The Bertz CT molecular complexity index is 3060. The van der Waals surface area contributed by atoms with Crippen LogP contribution in [-0.4, -0.2) is 88.0 Å². The number of hydrogen-bond donors (Lipinski definition) is 1. The van der Waals surface area contributed by atoms with Gasteiger partial charge in [-0.2, -0.15) is 21.6 Å². The van der Waals surface area contributed by atoms with Crippen molar-refractivity contribution in [3.63, 3.8) is 0 Å². The van der Waals surface area contributed by atoms with Crippen molar-refractivity contribution in [1.29, 1.82) is 0 Å². The Morgan fingerprint density at radius 1 is 0.459 bits per heavy atom. The van der Waals surface area contributed by atoms with Crippen molar-refractivity contribution in [1.82, 2.24) is 8.61 Å². The van der Waals surface area contributed by atoms with E-state index >= 15 is 0 Å². The van der Waals surface area contributed by atoms with Gasteiger partial charge in [0.1, 0.15) is 11.4 Å². The molecule has 470 valence electrons. The Labute approximate surface area is 516 Å². The van der Waals surface area contributed by atoms with Gasteiger partial charge in [-0.1, -0.05) is 189 Å². The van der Waals surface area contributed by atoms with E-state index in [1.807, 2.05) is 72.8 Å². The van der Waals surface area contributed by atoms with Crippen LogP contribution in [-0.2, 0) is 30.2 Å². The van der Waals surface area contributed by atoms with Crippen LogP contribution in [0.1, 0.15) is 209 Å². The van der Waals surface area contributed by atoms with Gasteiger partial charge in [-0.3, -0.25) is 4.55 Å². The van der Waals surface area contributed by atoms with Crippen LogP contribution in [0.15, 0.2) is 142 Å². The molecule has 0 saturated carbocycles. The summed E-state index contributed by atoms with van der Waals surface area (Å²) in [5.41, 5.74) is 5.95. The maximum absolute atomic E-state index is 14.7. The summed E-state index contributed by atoms with van der Waals surface area (Å²) >= 11 is 0. The molecule has 0 saturated heterocycles. The van der Waals surface area contributed by atoms with Crippen LogP contribution in [0.2, 0.25) is 0 Å². The van der Waals surface area contributed by atoms with Gasteiger partial charge in [-0.25, -0.2) is 16.8 Å². The van der Waals surface area contributed by atoms with Crippen LogP contribution in [0.5, 0.6) is 0 Å². The van der Waals surface area contributed by atoms with Gasteiger partial charge in [0, 0.05) is 80.4 Å². The first-order chi connectivity index (χ1) is 40.9. The number of hydrogen-bond acceptors (Lipinski definition) is 7. The maximum atomic E-state index is 14.7. The van der Waals surface area contributed by atoms with Crippen molar-refractivity contribution in [2.45, 2.75) is 212 Å². The molecule has 1 aliphatic carbocycles. The molecule has 4 aromatic carbocycles. The quantitative estimate of drug-likeness (QED) is 0.0344. The molecule has 1 N–H and O–H groups in total. The largest absolute Gasteiger partial charge is 0.341 e. The molecule has 1 aliphatic rings. The minimum Gasteiger partial charge on any atom is -0.341 e. The molecular formula is C71H107N4O7S3+. The molecule has 14 heteroatoms. The van der Waals surface area contributed by atoms with E-state index in [2.05, 4.69) is 78.7 Å². The van der Waals surface area contributed by atoms with Gasteiger partial charge in [-0.15, -0.1) is 0 Å². The average molecular weight is 1220 g/mol. The summed E-state index contributed by atoms with van der Waals surface area (Å²) in [6.45, 7) is 25.2. The number of nitrogens with zero attached hydrogens (tertiary/aromatic N) is 4. The first-order valence-electron chi connectivity index (χ1n) is 32.8. The normalized spacial score (nSPS) is 14.5. The SMILES string of the molecule is CCCCC(CC)CN(CC(CC)CCCC)S(=O)(=O)c1ccc(N(CCCC)c2ccc(C(=C3C=CC(=[N+](CCCC)c4ccc(S(=O)(=O)N(CC(CC)CCCC)CC(CC)CCCC)cc4)C=C3)c3ccccc3S(=O)(=O)O)cc2)cc1. The van der Waals surface area contributed by atoms with Crippen LogP contribution in [0.4, 0.5) is 17.1 Å². The third-order valence-electron chi connectivity index (χ3n) is 17.4. The topological polar surface area (TPSA) is 135 Å². The summed E-state index contributed by atoms with van der Waals surface area (Å²) in [6.07, 6.45) is 28.1. The first kappa shape index (κ1) is 71.1. The minimum atomic E-state index is -4.64. The molecule has 0 heterocycles. The second-order valence-corrected chi connectivity index (χ2v) is 29.0. The van der Waals surface area contributed by atoms with Crippen molar-refractivity contribution in [2.75, 3.05) is 44.2 Å². The highest BCUT2D eigenvalue weighted by molar-refractivity contribution is 7.89. The first-order valence-corrected chi connectivity index (χ1v) is 37.1. The summed E-state index contributed by atoms with van der Waals surface area (Å²) in [5, 5.41) is 0. The summed E-state index contributed by atoms with van der Waals surface area (Å²) in [6, 6.07) is 29.2. The van der Waals surface area contributed by atoms with E-state index < -0.39 is 30.2 Å². The third kappa shape index (κ3) is 20.4. The highest BCUT2D eigenvalue weighted by Crippen LogP contribution is 2.37. The standard InChI is InChI=1S/C71H106N4O7S3/c1-11-21-29-57(17-7)53-72(54-58(18-8)30-22-12-2)83(76,77)67-47-43-65(44-48-67)74(51-25-15-5)63-39-35-61(36-40-63)71(69-33-27-28-34-70(69)85(80,81)82)62-37-41-64(42-38-62)75(52-26-16-6)66-45-49-68(50-46-66)84(78,79)73(55-59(19-9)31-23-13-3)56-60(20-10)32-24-14-4/h27-28,33-50,57-60H,11-26,29-32,51-56H2,1-10H3/p+1. The van der Waals surface area contributed by atoms with E-state index in [0.717, 1.165) is 162 Å². The highest BCUT2D eigenvalue weighted by atomic mass is 32.2. The smallest absolute Gasteiger partial charge is 0.295 e. The van der Waals surface area contributed by atoms with Gasteiger partial charge in [-0.05, 0) is 139 Å². The molecule has 4 aromatic rings. The Kier molecular flexibility index (Phi) is 30.0. The lowest BCUT2D eigenvalue weighted by molar-refractivity contribution is -0.439. The molecule has 4 unspecified atom stereocenters. The lowest BCUT2D eigenvalue weighted by atomic mass is 9.90. The molecular weight excluding hydrogens is 1120 g/mol. The minimum absolute atomic E-state index is 0.204. The van der Waals surface area contributed by atoms with Gasteiger partial charge < -0.3 is 4.90 Å². The number of rotatable bonds is 40. The van der Waals surface area contributed by atoms with Crippen LogP contribution < -0.4 is 4.90 Å². The Hall–Kier alpha value is -4.70. The van der Waals surface area contributed by atoms with Gasteiger partial charge in [0.15, 0.2) is 0 Å². The summed E-state index contributed by atoms with van der Waals surface area (Å²) < 4.78 is 101. The van der Waals surface area contributed by atoms with Crippen molar-refractivity contribution in [3.05, 3.63) is 138 Å². The van der Waals surface area contributed by atoms with Crippen LogP contribution in [0.25, 0.3) is 5.57 Å². The summed E-state index contributed by atoms with van der Waals surface area (Å²) in [4.78, 5) is 2.60. The zero-order chi connectivity index (χ0) is 62.0. The Morgan fingerprint density at radius 3 is 1.24 bits per heavy atom. The Balaban J connectivity index is 1.55. The molecule has 5 rings (SSSR count). The predicted octanol–water partition coefficient (Wildman–Crippen LogP) is 18.2. The molecule has 85 heavy (non-hydrogen) atoms. The maximum Gasteiger partial charge on any atom is 0.295 e. The van der Waals surface area contributed by atoms with Gasteiger partial charge in [0.05, 0.1) is 9.79 Å². The monoisotopic (exact) mass is 1220 g/mol. The van der Waals surface area contributed by atoms with E-state index in [-0.39, 0.29) is 4.90 Å². The molecule has 4 atom stereocenters. The van der Waals surface area contributed by atoms with Crippen LogP contribution in [0, 0.1) is 23.7 Å². The highest BCUT2D eigenvalue weighted by Gasteiger charge is 2.32. The van der Waals surface area contributed by atoms with E-state index in [1.165, 1.54) is 6.07 Å². The molecule has 0 spiro atoms. The molecule has 0 amide bonds. The second-order valence-electron chi connectivity index (χ2n) is 23.7. The van der Waals surface area contributed by atoms with E-state index in [9.17, 15) is 29.8 Å². The van der Waals surface area contributed by atoms with E-state index in [1.54, 1.807) is 51.1 Å². The second kappa shape index (κ2) is 35.9. The number of allylic oxidation sites excluding steroid dienone is 5. The van der Waals surface area contributed by atoms with Crippen LogP contribution >= 0.6 is 0 Å². The molecule has 0 aromatic heterocycles. The lowest BCUT2D eigenvalue weighted by Crippen LogP contribution is -2.39. The van der Waals surface area contributed by atoms with Crippen molar-refractivity contribution in [3.8, 4) is 0 Å². The Morgan fingerprint density at radius 2 is 0.847 bits per heavy atom. The molecule has 0 aliphatic heterocycles. The third-order valence-corrected chi connectivity index (χ3v) is 22.0. The van der Waals surface area contributed by atoms with Crippen molar-refractivity contribution >= 4 is 58.5 Å².